The van der Waals surface area contributed by atoms with Crippen molar-refractivity contribution in [1.82, 2.24) is 14.3 Å². The second-order valence-corrected chi connectivity index (χ2v) is 6.65. The van der Waals surface area contributed by atoms with Crippen molar-refractivity contribution >= 4 is 11.6 Å². The number of pyridine rings is 1. The van der Waals surface area contributed by atoms with Crippen molar-refractivity contribution < 1.29 is 9.90 Å². The van der Waals surface area contributed by atoms with Gasteiger partial charge in [0.15, 0.2) is 0 Å². The van der Waals surface area contributed by atoms with E-state index in [0.29, 0.717) is 12.2 Å². The molecule has 0 saturated heterocycles. The molecule has 22 heavy (non-hydrogen) atoms. The fourth-order valence-corrected chi connectivity index (χ4v) is 2.76. The maximum absolute atomic E-state index is 11.2. The predicted octanol–water partition coefficient (Wildman–Crippen LogP) is 2.89. The van der Waals surface area contributed by atoms with E-state index in [1.807, 2.05) is 29.7 Å². The molecule has 0 aromatic carbocycles. The lowest BCUT2D eigenvalue weighted by molar-refractivity contribution is -0.136. The van der Waals surface area contributed by atoms with E-state index >= 15 is 0 Å². The number of carboxylic acid groups (broad SMARTS) is 1. The third-order valence-electron chi connectivity index (χ3n) is 4.02. The Labute approximate surface area is 131 Å². The summed E-state index contributed by atoms with van der Waals surface area (Å²) in [5.41, 5.74) is 3.55. The Bertz CT molecular complexity index is 683. The smallest absolute Gasteiger partial charge is 0.309 e. The standard InChI is InChI=1S/C17H25N3O2/c1-6-19(17(3,4)5)11-14-13(10-15(21)22)18-16-12(2)8-7-9-20(14)16/h7-9H,6,10-11H2,1-5H3,(H,21,22). The average Bonchev–Trinajstić information content (AvgIpc) is 2.73. The van der Waals surface area contributed by atoms with Gasteiger partial charge >= 0.3 is 5.97 Å². The van der Waals surface area contributed by atoms with Crippen LogP contribution >= 0.6 is 0 Å². The zero-order valence-corrected chi connectivity index (χ0v) is 14.1. The third kappa shape index (κ3) is 3.30. The second kappa shape index (κ2) is 6.08. The average molecular weight is 303 g/mol. The van der Waals surface area contributed by atoms with Crippen LogP contribution in [0.15, 0.2) is 18.3 Å². The minimum Gasteiger partial charge on any atom is -0.481 e. The van der Waals surface area contributed by atoms with Crippen LogP contribution in [0.4, 0.5) is 0 Å². The van der Waals surface area contributed by atoms with Crippen LogP contribution in [0.25, 0.3) is 5.65 Å². The molecule has 0 atom stereocenters. The van der Waals surface area contributed by atoms with E-state index in [-0.39, 0.29) is 12.0 Å². The first-order valence-electron chi connectivity index (χ1n) is 7.66. The molecule has 5 nitrogen and oxygen atoms in total. The van der Waals surface area contributed by atoms with Crippen LogP contribution in [0, 0.1) is 6.92 Å². The summed E-state index contributed by atoms with van der Waals surface area (Å²) in [5.74, 6) is -0.846. The maximum atomic E-state index is 11.2. The molecule has 2 heterocycles. The molecule has 0 radical (unpaired) electrons. The lowest BCUT2D eigenvalue weighted by Crippen LogP contribution is -2.41. The minimum atomic E-state index is -0.846. The van der Waals surface area contributed by atoms with Crippen molar-refractivity contribution in [3.63, 3.8) is 0 Å². The van der Waals surface area contributed by atoms with Crippen molar-refractivity contribution in [3.05, 3.63) is 35.3 Å². The summed E-state index contributed by atoms with van der Waals surface area (Å²) in [6.45, 7) is 12.2. The Kier molecular flexibility index (Phi) is 4.56. The van der Waals surface area contributed by atoms with Crippen molar-refractivity contribution in [2.45, 2.75) is 53.1 Å². The first-order valence-corrected chi connectivity index (χ1v) is 7.66. The predicted molar refractivity (Wildman–Crippen MR) is 87.1 cm³/mol. The summed E-state index contributed by atoms with van der Waals surface area (Å²) in [5, 5.41) is 9.17. The highest BCUT2D eigenvalue weighted by Gasteiger charge is 2.24. The van der Waals surface area contributed by atoms with Gasteiger partial charge in [-0.2, -0.15) is 0 Å². The van der Waals surface area contributed by atoms with Crippen LogP contribution in [0.3, 0.4) is 0 Å². The zero-order valence-electron chi connectivity index (χ0n) is 14.1. The highest BCUT2D eigenvalue weighted by Crippen LogP contribution is 2.22. The molecule has 0 saturated carbocycles. The van der Waals surface area contributed by atoms with Gasteiger partial charge in [-0.3, -0.25) is 9.69 Å². The quantitative estimate of drug-likeness (QED) is 0.922. The van der Waals surface area contributed by atoms with E-state index in [2.05, 4.69) is 37.6 Å². The van der Waals surface area contributed by atoms with Crippen LogP contribution in [0.1, 0.15) is 44.6 Å². The Morgan fingerprint density at radius 1 is 1.41 bits per heavy atom. The van der Waals surface area contributed by atoms with Crippen LogP contribution in [0.2, 0.25) is 0 Å². The first-order chi connectivity index (χ1) is 10.2. The lowest BCUT2D eigenvalue weighted by atomic mass is 10.1. The number of aliphatic carboxylic acids is 1. The lowest BCUT2D eigenvalue weighted by Gasteiger charge is -2.34. The number of rotatable bonds is 5. The van der Waals surface area contributed by atoms with Gasteiger partial charge in [0.25, 0.3) is 0 Å². The number of carbonyl (C=O) groups is 1. The molecule has 0 fully saturated rings. The van der Waals surface area contributed by atoms with Gasteiger partial charge in [-0.05, 0) is 45.9 Å². The Morgan fingerprint density at radius 3 is 2.64 bits per heavy atom. The van der Waals surface area contributed by atoms with E-state index in [4.69, 9.17) is 0 Å². The second-order valence-electron chi connectivity index (χ2n) is 6.65. The molecule has 0 aliphatic rings. The zero-order chi connectivity index (χ0) is 16.5. The van der Waals surface area contributed by atoms with E-state index in [0.717, 1.165) is 23.4 Å². The molecule has 120 valence electrons. The molecule has 2 rings (SSSR count). The number of fused-ring (bicyclic) bond motifs is 1. The van der Waals surface area contributed by atoms with Gasteiger partial charge in [0.2, 0.25) is 0 Å². The first kappa shape index (κ1) is 16.5. The molecule has 5 heteroatoms. The highest BCUT2D eigenvalue weighted by atomic mass is 16.4. The Morgan fingerprint density at radius 2 is 2.09 bits per heavy atom. The SMILES string of the molecule is CCN(Cc1c(CC(=O)O)nc2c(C)cccn12)C(C)(C)C. The topological polar surface area (TPSA) is 57.8 Å². The van der Waals surface area contributed by atoms with E-state index in [1.54, 1.807) is 0 Å². The molecule has 2 aromatic heterocycles. The summed E-state index contributed by atoms with van der Waals surface area (Å²) >= 11 is 0. The molecular weight excluding hydrogens is 278 g/mol. The van der Waals surface area contributed by atoms with E-state index in [1.165, 1.54) is 0 Å². The van der Waals surface area contributed by atoms with Crippen LogP contribution in [-0.2, 0) is 17.8 Å². The van der Waals surface area contributed by atoms with Gasteiger partial charge in [-0.25, -0.2) is 4.98 Å². The number of carboxylic acids is 1. The number of imidazole rings is 1. The van der Waals surface area contributed by atoms with E-state index < -0.39 is 5.97 Å². The van der Waals surface area contributed by atoms with Crippen molar-refractivity contribution in [1.29, 1.82) is 0 Å². The molecule has 0 amide bonds. The van der Waals surface area contributed by atoms with Gasteiger partial charge in [0.1, 0.15) is 5.65 Å². The molecular formula is C17H25N3O2. The van der Waals surface area contributed by atoms with Crippen molar-refractivity contribution in [2.75, 3.05) is 6.54 Å². The van der Waals surface area contributed by atoms with Crippen molar-refractivity contribution in [3.8, 4) is 0 Å². The molecule has 0 aliphatic heterocycles. The van der Waals surface area contributed by atoms with Gasteiger partial charge in [-0.15, -0.1) is 0 Å². The van der Waals surface area contributed by atoms with Gasteiger partial charge in [0, 0.05) is 18.3 Å². The molecule has 0 spiro atoms. The molecule has 0 aliphatic carbocycles. The number of aromatic nitrogens is 2. The summed E-state index contributed by atoms with van der Waals surface area (Å²) in [6, 6.07) is 3.98. The molecule has 0 bridgehead atoms. The minimum absolute atomic E-state index is 0.0171. The highest BCUT2D eigenvalue weighted by molar-refractivity contribution is 5.70. The fraction of sp³-hybridized carbons (Fsp3) is 0.529. The van der Waals surface area contributed by atoms with Crippen molar-refractivity contribution in [2.24, 2.45) is 0 Å². The Balaban J connectivity index is 2.54. The molecule has 2 aromatic rings. The normalized spacial score (nSPS) is 12.3. The largest absolute Gasteiger partial charge is 0.481 e. The van der Waals surface area contributed by atoms with Gasteiger partial charge in [-0.1, -0.05) is 13.0 Å². The third-order valence-corrected chi connectivity index (χ3v) is 4.02. The number of hydrogen-bond donors (Lipinski definition) is 1. The monoisotopic (exact) mass is 303 g/mol. The van der Waals surface area contributed by atoms with Gasteiger partial charge < -0.3 is 9.51 Å². The van der Waals surface area contributed by atoms with E-state index in [9.17, 15) is 9.90 Å². The molecule has 0 unspecified atom stereocenters. The van der Waals surface area contributed by atoms with Gasteiger partial charge in [0.05, 0.1) is 17.8 Å². The fourth-order valence-electron chi connectivity index (χ4n) is 2.76. The summed E-state index contributed by atoms with van der Waals surface area (Å²) < 4.78 is 2.03. The molecule has 1 N–H and O–H groups in total. The number of aryl methyl sites for hydroxylation is 1. The summed E-state index contributed by atoms with van der Waals surface area (Å²) in [6.07, 6.45) is 1.92. The number of nitrogens with zero attached hydrogens (tertiary/aromatic N) is 3. The van der Waals surface area contributed by atoms with Crippen LogP contribution in [-0.4, -0.2) is 37.4 Å². The summed E-state index contributed by atoms with van der Waals surface area (Å²) in [7, 11) is 0. The maximum Gasteiger partial charge on any atom is 0.309 e. The van der Waals surface area contributed by atoms with Crippen LogP contribution < -0.4 is 0 Å². The Hall–Kier alpha value is -1.88. The number of hydrogen-bond acceptors (Lipinski definition) is 3. The summed E-state index contributed by atoms with van der Waals surface area (Å²) in [4.78, 5) is 18.1. The van der Waals surface area contributed by atoms with Crippen LogP contribution in [0.5, 0.6) is 0 Å².